The summed E-state index contributed by atoms with van der Waals surface area (Å²) in [5.41, 5.74) is -0.0975. The minimum atomic E-state index is -1.08. The van der Waals surface area contributed by atoms with E-state index in [1.54, 1.807) is 28.9 Å². The van der Waals surface area contributed by atoms with Gasteiger partial charge in [0.1, 0.15) is 11.6 Å². The van der Waals surface area contributed by atoms with E-state index in [1.807, 2.05) is 30.3 Å². The minimum absolute atomic E-state index is 0.155. The summed E-state index contributed by atoms with van der Waals surface area (Å²) in [4.78, 5) is 47.2. The Morgan fingerprint density at radius 3 is 2.50 bits per heavy atom. The summed E-state index contributed by atoms with van der Waals surface area (Å²) in [5.74, 6) is -2.09. The topological polar surface area (TPSA) is 90.4 Å². The first-order valence-electron chi connectivity index (χ1n) is 13.8. The average Bonchev–Trinajstić information content (AvgIpc) is 3.57. The van der Waals surface area contributed by atoms with Gasteiger partial charge in [-0.05, 0) is 31.7 Å². The van der Waals surface area contributed by atoms with Crippen molar-refractivity contribution in [3.63, 3.8) is 0 Å². The van der Waals surface area contributed by atoms with Crippen LogP contribution in [0, 0.1) is 11.8 Å². The number of likely N-dealkylation sites (tertiary alicyclic amines) is 1. The van der Waals surface area contributed by atoms with Crippen molar-refractivity contribution in [2.75, 3.05) is 26.2 Å². The van der Waals surface area contributed by atoms with Crippen LogP contribution in [0.1, 0.15) is 45.1 Å². The maximum absolute atomic E-state index is 14.1. The lowest BCUT2D eigenvalue weighted by Crippen LogP contribution is -2.58. The molecule has 0 aliphatic carbocycles. The minimum Gasteiger partial charge on any atom is -0.394 e. The van der Waals surface area contributed by atoms with E-state index in [9.17, 15) is 19.5 Å². The summed E-state index contributed by atoms with van der Waals surface area (Å²) >= 11 is 0. The van der Waals surface area contributed by atoms with E-state index >= 15 is 0 Å². The third kappa shape index (κ3) is 4.80. The normalized spacial score (nSPS) is 28.2. The first kappa shape index (κ1) is 28.0. The molecule has 2 unspecified atom stereocenters. The van der Waals surface area contributed by atoms with Crippen LogP contribution in [0.15, 0.2) is 55.6 Å². The van der Waals surface area contributed by atoms with Crippen LogP contribution in [0.4, 0.5) is 0 Å². The van der Waals surface area contributed by atoms with Gasteiger partial charge in [-0.25, -0.2) is 0 Å². The van der Waals surface area contributed by atoms with E-state index in [1.165, 1.54) is 4.90 Å². The summed E-state index contributed by atoms with van der Waals surface area (Å²) in [7, 11) is 0. The number of nitrogens with zero attached hydrogens (tertiary/aromatic N) is 3. The summed E-state index contributed by atoms with van der Waals surface area (Å²) in [6, 6.07) is 8.25. The van der Waals surface area contributed by atoms with Crippen LogP contribution in [-0.4, -0.2) is 87.6 Å². The Morgan fingerprint density at radius 1 is 1.18 bits per heavy atom. The Balaban J connectivity index is 1.70. The molecule has 206 valence electrons. The van der Waals surface area contributed by atoms with Crippen LogP contribution < -0.4 is 0 Å². The van der Waals surface area contributed by atoms with Crippen molar-refractivity contribution in [2.45, 2.75) is 69.9 Å². The molecule has 0 saturated carbocycles. The standard InChI is InChI=1S/C30H41N3O5/c1-5-8-18-31(16-6-2)29(37)26-30-15-14-23(38-30)24(25(30)28(36)33(26)21(4)20-34)27(35)32(17-7-3)19-22-12-10-9-11-13-22/h6-7,9-13,21,23-26,34H,2-3,5,8,14-20H2,1,4H3/t21-,23+,24-,25+,26?,30?/m1/s1. The van der Waals surface area contributed by atoms with Crippen molar-refractivity contribution < 1.29 is 24.2 Å². The lowest BCUT2D eigenvalue weighted by molar-refractivity contribution is -0.151. The first-order chi connectivity index (χ1) is 18.3. The van der Waals surface area contributed by atoms with E-state index in [2.05, 4.69) is 20.1 Å². The molecule has 38 heavy (non-hydrogen) atoms. The van der Waals surface area contributed by atoms with Gasteiger partial charge in [0.15, 0.2) is 0 Å². The van der Waals surface area contributed by atoms with Gasteiger partial charge in [-0.1, -0.05) is 55.8 Å². The van der Waals surface area contributed by atoms with Crippen molar-refractivity contribution in [1.82, 2.24) is 14.7 Å². The molecule has 1 aromatic rings. The number of hydrogen-bond acceptors (Lipinski definition) is 5. The number of carbonyl (C=O) groups excluding carboxylic acids is 3. The highest BCUT2D eigenvalue weighted by Crippen LogP contribution is 2.59. The zero-order valence-electron chi connectivity index (χ0n) is 22.6. The highest BCUT2D eigenvalue weighted by Gasteiger charge is 2.75. The molecule has 2 bridgehead atoms. The Labute approximate surface area is 225 Å². The van der Waals surface area contributed by atoms with Gasteiger partial charge in [0.25, 0.3) is 0 Å². The first-order valence-corrected chi connectivity index (χ1v) is 13.8. The molecule has 3 saturated heterocycles. The van der Waals surface area contributed by atoms with Crippen LogP contribution in [0.5, 0.6) is 0 Å². The largest absolute Gasteiger partial charge is 0.394 e. The smallest absolute Gasteiger partial charge is 0.248 e. The number of rotatable bonds is 13. The van der Waals surface area contributed by atoms with Crippen LogP contribution in [0.3, 0.4) is 0 Å². The fraction of sp³-hybridized carbons (Fsp3) is 0.567. The van der Waals surface area contributed by atoms with Crippen molar-refractivity contribution in [3.8, 4) is 0 Å². The Kier molecular flexibility index (Phi) is 8.73. The summed E-state index contributed by atoms with van der Waals surface area (Å²) < 4.78 is 6.57. The van der Waals surface area contributed by atoms with Crippen molar-refractivity contribution in [3.05, 3.63) is 61.2 Å². The molecule has 3 amide bonds. The molecule has 1 spiro atoms. The zero-order valence-corrected chi connectivity index (χ0v) is 22.6. The fourth-order valence-corrected chi connectivity index (χ4v) is 6.59. The third-order valence-corrected chi connectivity index (χ3v) is 8.32. The zero-order chi connectivity index (χ0) is 27.4. The van der Waals surface area contributed by atoms with Crippen molar-refractivity contribution in [1.29, 1.82) is 0 Å². The van der Waals surface area contributed by atoms with Crippen LogP contribution in [0.2, 0.25) is 0 Å². The molecular weight excluding hydrogens is 482 g/mol. The van der Waals surface area contributed by atoms with Crippen LogP contribution in [-0.2, 0) is 25.7 Å². The van der Waals surface area contributed by atoms with E-state index in [0.717, 1.165) is 18.4 Å². The molecular formula is C30H41N3O5. The predicted molar refractivity (Wildman–Crippen MR) is 145 cm³/mol. The summed E-state index contributed by atoms with van der Waals surface area (Å²) in [6.45, 7) is 12.8. The molecule has 4 rings (SSSR count). The summed E-state index contributed by atoms with van der Waals surface area (Å²) in [6.07, 6.45) is 5.83. The molecule has 6 atom stereocenters. The SMILES string of the molecule is C=CCN(CCCC)C(=O)C1N([C@H](C)CO)C(=O)[C@@H]2[C@H](C(=O)N(CC=C)Cc3ccccc3)[C@@H]3CCC12O3. The fourth-order valence-electron chi connectivity index (χ4n) is 6.59. The lowest BCUT2D eigenvalue weighted by atomic mass is 9.70. The second-order valence-electron chi connectivity index (χ2n) is 10.8. The van der Waals surface area contributed by atoms with E-state index in [0.29, 0.717) is 39.0 Å². The molecule has 8 heteroatoms. The van der Waals surface area contributed by atoms with E-state index in [4.69, 9.17) is 4.74 Å². The molecule has 3 heterocycles. The van der Waals surface area contributed by atoms with Crippen molar-refractivity contribution in [2.24, 2.45) is 11.8 Å². The molecule has 3 fully saturated rings. The quantitative estimate of drug-likeness (QED) is 0.402. The van der Waals surface area contributed by atoms with Crippen LogP contribution >= 0.6 is 0 Å². The maximum atomic E-state index is 14.1. The van der Waals surface area contributed by atoms with Gasteiger partial charge < -0.3 is 24.5 Å². The maximum Gasteiger partial charge on any atom is 0.248 e. The molecule has 1 aromatic carbocycles. The Morgan fingerprint density at radius 2 is 1.87 bits per heavy atom. The average molecular weight is 524 g/mol. The van der Waals surface area contributed by atoms with Gasteiger partial charge in [-0.15, -0.1) is 13.2 Å². The Bertz CT molecular complexity index is 1050. The number of unbranched alkanes of at least 4 members (excludes halogenated alkanes) is 1. The Hall–Kier alpha value is -2.97. The molecule has 0 radical (unpaired) electrons. The number of benzene rings is 1. The van der Waals surface area contributed by atoms with Gasteiger partial charge in [-0.2, -0.15) is 0 Å². The molecule has 8 nitrogen and oxygen atoms in total. The van der Waals surface area contributed by atoms with E-state index < -0.39 is 35.6 Å². The third-order valence-electron chi connectivity index (χ3n) is 8.32. The highest BCUT2D eigenvalue weighted by molar-refractivity contribution is 5.99. The lowest BCUT2D eigenvalue weighted by Gasteiger charge is -2.38. The molecule has 1 N–H and O–H groups in total. The second-order valence-corrected chi connectivity index (χ2v) is 10.8. The van der Waals surface area contributed by atoms with Crippen molar-refractivity contribution >= 4 is 17.7 Å². The predicted octanol–water partition coefficient (Wildman–Crippen LogP) is 2.77. The van der Waals surface area contributed by atoms with Gasteiger partial charge >= 0.3 is 0 Å². The summed E-state index contributed by atoms with van der Waals surface area (Å²) in [5, 5.41) is 10.1. The number of aliphatic hydroxyl groups is 1. The number of ether oxygens (including phenoxy) is 1. The van der Waals surface area contributed by atoms with Gasteiger partial charge in [0.2, 0.25) is 17.7 Å². The van der Waals surface area contributed by atoms with E-state index in [-0.39, 0.29) is 24.3 Å². The monoisotopic (exact) mass is 523 g/mol. The highest BCUT2D eigenvalue weighted by atomic mass is 16.5. The van der Waals surface area contributed by atoms with Gasteiger partial charge in [-0.3, -0.25) is 14.4 Å². The molecule has 3 aliphatic heterocycles. The number of carbonyl (C=O) groups is 3. The molecule has 0 aromatic heterocycles. The number of aliphatic hydroxyl groups excluding tert-OH is 1. The number of fused-ring (bicyclic) bond motifs is 1. The molecule has 3 aliphatic rings. The van der Waals surface area contributed by atoms with Gasteiger partial charge in [0, 0.05) is 26.2 Å². The second kappa shape index (κ2) is 11.8. The number of hydrogen-bond donors (Lipinski definition) is 1. The van der Waals surface area contributed by atoms with Crippen LogP contribution in [0.25, 0.3) is 0 Å². The number of amides is 3. The van der Waals surface area contributed by atoms with Gasteiger partial charge in [0.05, 0.1) is 30.6 Å².